The summed E-state index contributed by atoms with van der Waals surface area (Å²) in [5.74, 6) is -0.950. The number of aliphatic hydroxyl groups is 3. The molecule has 0 radical (unpaired) electrons. The van der Waals surface area contributed by atoms with Crippen molar-refractivity contribution in [3.63, 3.8) is 0 Å². The highest BCUT2D eigenvalue weighted by molar-refractivity contribution is 6.02. The summed E-state index contributed by atoms with van der Waals surface area (Å²) in [6, 6.07) is 0. The predicted molar refractivity (Wildman–Crippen MR) is 69.7 cm³/mol. The molecule has 2 aromatic heterocycles. The third-order valence-electron chi connectivity index (χ3n) is 3.49. The van der Waals surface area contributed by atoms with Crippen LogP contribution in [-0.2, 0) is 4.74 Å². The fourth-order valence-electron chi connectivity index (χ4n) is 2.41. The Morgan fingerprint density at radius 2 is 2.18 bits per heavy atom. The van der Waals surface area contributed by atoms with Crippen molar-refractivity contribution < 1.29 is 24.9 Å². The number of hydrogen-bond acceptors (Lipinski definition) is 8. The first-order chi connectivity index (χ1) is 10.5. The first-order valence-electron chi connectivity index (χ1n) is 6.34. The lowest BCUT2D eigenvalue weighted by Crippen LogP contribution is -2.33. The maximum atomic E-state index is 11.8. The standard InChI is InChI=1S/C11H13N5O6/c12-8(20)5-4-9(13-2-14-10(4)21)16(15-5)11-7(19)6(18)3(1-17)22-11/h2-3,6-7,11,17-19H,1H2,(H2,12,20)(H,13,14,21)/t3-,6-,7-,11?/m1/s1. The number of ether oxygens (including phenoxy) is 1. The monoisotopic (exact) mass is 311 g/mol. The molecule has 0 spiro atoms. The second-order valence-corrected chi connectivity index (χ2v) is 4.82. The molecule has 22 heavy (non-hydrogen) atoms. The van der Waals surface area contributed by atoms with Gasteiger partial charge in [-0.15, -0.1) is 0 Å². The number of nitrogens with two attached hydrogens (primary N) is 1. The van der Waals surface area contributed by atoms with E-state index in [1.54, 1.807) is 0 Å². The number of aromatic nitrogens is 4. The van der Waals surface area contributed by atoms with Gasteiger partial charge in [-0.05, 0) is 0 Å². The van der Waals surface area contributed by atoms with Crippen LogP contribution in [0.1, 0.15) is 16.7 Å². The van der Waals surface area contributed by atoms with Gasteiger partial charge in [-0.3, -0.25) is 9.59 Å². The van der Waals surface area contributed by atoms with E-state index < -0.39 is 42.6 Å². The third-order valence-corrected chi connectivity index (χ3v) is 3.49. The molecule has 0 bridgehead atoms. The second kappa shape index (κ2) is 5.14. The molecule has 6 N–H and O–H groups in total. The largest absolute Gasteiger partial charge is 0.394 e. The van der Waals surface area contributed by atoms with Crippen LogP contribution in [0.3, 0.4) is 0 Å². The van der Waals surface area contributed by atoms with E-state index in [0.717, 1.165) is 11.0 Å². The fraction of sp³-hybridized carbons (Fsp3) is 0.455. The minimum absolute atomic E-state index is 0.0348. The van der Waals surface area contributed by atoms with Crippen molar-refractivity contribution in [3.05, 3.63) is 22.4 Å². The third kappa shape index (κ3) is 1.99. The second-order valence-electron chi connectivity index (χ2n) is 4.82. The van der Waals surface area contributed by atoms with E-state index in [1.165, 1.54) is 0 Å². The Kier molecular flexibility index (Phi) is 3.41. The molecule has 3 rings (SSSR count). The van der Waals surface area contributed by atoms with Gasteiger partial charge in [0.1, 0.15) is 23.7 Å². The van der Waals surface area contributed by atoms with Crippen LogP contribution in [0, 0.1) is 0 Å². The van der Waals surface area contributed by atoms with Gasteiger partial charge < -0.3 is 30.8 Å². The van der Waals surface area contributed by atoms with Gasteiger partial charge in [0.2, 0.25) is 0 Å². The number of nitrogens with zero attached hydrogens (tertiary/aromatic N) is 3. The van der Waals surface area contributed by atoms with Gasteiger partial charge >= 0.3 is 0 Å². The Hall–Kier alpha value is -2.34. The molecular formula is C11H13N5O6. The average Bonchev–Trinajstić information content (AvgIpc) is 3.00. The summed E-state index contributed by atoms with van der Waals surface area (Å²) in [7, 11) is 0. The lowest BCUT2D eigenvalue weighted by atomic mass is 10.1. The molecule has 0 saturated carbocycles. The molecule has 1 saturated heterocycles. The Morgan fingerprint density at radius 1 is 1.45 bits per heavy atom. The molecule has 2 aromatic rings. The molecule has 1 fully saturated rings. The van der Waals surface area contributed by atoms with E-state index in [4.69, 9.17) is 15.6 Å². The molecule has 1 amide bonds. The number of carbonyl (C=O) groups is 1. The van der Waals surface area contributed by atoms with Crippen molar-refractivity contribution in [2.45, 2.75) is 24.5 Å². The smallest absolute Gasteiger partial charge is 0.270 e. The van der Waals surface area contributed by atoms with E-state index in [1.807, 2.05) is 0 Å². The number of amides is 1. The molecule has 4 atom stereocenters. The van der Waals surface area contributed by atoms with Gasteiger partial charge in [-0.2, -0.15) is 5.10 Å². The van der Waals surface area contributed by atoms with E-state index in [9.17, 15) is 19.8 Å². The SMILES string of the molecule is NC(=O)c1nn(C2O[C@H](CO)[C@@H](O)[C@H]2O)c2nc[nH]c(=O)c12. The van der Waals surface area contributed by atoms with Gasteiger partial charge in [-0.25, -0.2) is 9.67 Å². The summed E-state index contributed by atoms with van der Waals surface area (Å²) in [5, 5.41) is 32.6. The number of primary amides is 1. The number of hydrogen-bond donors (Lipinski definition) is 5. The Bertz CT molecular complexity index is 785. The minimum atomic E-state index is -1.43. The number of fused-ring (bicyclic) bond motifs is 1. The fourth-order valence-corrected chi connectivity index (χ4v) is 2.41. The number of H-pyrrole nitrogens is 1. The molecular weight excluding hydrogens is 298 g/mol. The maximum absolute atomic E-state index is 11.8. The molecule has 118 valence electrons. The molecule has 11 nitrogen and oxygen atoms in total. The average molecular weight is 311 g/mol. The predicted octanol–water partition coefficient (Wildman–Crippen LogP) is -3.17. The van der Waals surface area contributed by atoms with Crippen LogP contribution in [-0.4, -0.2) is 65.9 Å². The van der Waals surface area contributed by atoms with Gasteiger partial charge in [0, 0.05) is 0 Å². The summed E-state index contributed by atoms with van der Waals surface area (Å²) in [5.41, 5.74) is 4.19. The van der Waals surface area contributed by atoms with E-state index in [2.05, 4.69) is 15.1 Å². The lowest BCUT2D eigenvalue weighted by molar-refractivity contribution is -0.0567. The Labute approximate surface area is 122 Å². The molecule has 1 aliphatic rings. The number of nitrogens with one attached hydrogen (secondary N) is 1. The zero-order chi connectivity index (χ0) is 16.0. The number of aliphatic hydroxyl groups excluding tert-OH is 3. The number of aromatic amines is 1. The summed E-state index contributed by atoms with van der Waals surface area (Å²) < 4.78 is 6.30. The van der Waals surface area contributed by atoms with E-state index in [0.29, 0.717) is 0 Å². The molecule has 0 aromatic carbocycles. The van der Waals surface area contributed by atoms with E-state index >= 15 is 0 Å². The quantitative estimate of drug-likeness (QED) is 0.394. The van der Waals surface area contributed by atoms with E-state index in [-0.39, 0.29) is 16.7 Å². The normalized spacial score (nSPS) is 28.3. The maximum Gasteiger partial charge on any atom is 0.270 e. The molecule has 1 unspecified atom stereocenters. The van der Waals surface area contributed by atoms with Gasteiger partial charge in [0.15, 0.2) is 17.6 Å². The Balaban J connectivity index is 2.18. The van der Waals surface area contributed by atoms with Gasteiger partial charge in [0.25, 0.3) is 11.5 Å². The van der Waals surface area contributed by atoms with Crippen LogP contribution in [0.5, 0.6) is 0 Å². The van der Waals surface area contributed by atoms with Gasteiger partial charge in [-0.1, -0.05) is 0 Å². The number of carbonyl (C=O) groups excluding carboxylic acids is 1. The van der Waals surface area contributed by atoms with Crippen molar-refractivity contribution in [2.24, 2.45) is 5.73 Å². The molecule has 11 heteroatoms. The van der Waals surface area contributed by atoms with Crippen LogP contribution >= 0.6 is 0 Å². The number of rotatable bonds is 3. The topological polar surface area (TPSA) is 177 Å². The summed E-state index contributed by atoms with van der Waals surface area (Å²) in [6.45, 7) is -0.523. The summed E-state index contributed by atoms with van der Waals surface area (Å²) in [6.07, 6.45) is -3.94. The van der Waals surface area contributed by atoms with Crippen LogP contribution < -0.4 is 11.3 Å². The van der Waals surface area contributed by atoms with Crippen molar-refractivity contribution in [1.82, 2.24) is 19.7 Å². The highest BCUT2D eigenvalue weighted by atomic mass is 16.6. The first-order valence-corrected chi connectivity index (χ1v) is 6.34. The Morgan fingerprint density at radius 3 is 2.77 bits per heavy atom. The zero-order valence-electron chi connectivity index (χ0n) is 11.1. The zero-order valence-corrected chi connectivity index (χ0v) is 11.1. The van der Waals surface area contributed by atoms with Crippen LogP contribution in [0.2, 0.25) is 0 Å². The first kappa shape index (κ1) is 14.6. The highest BCUT2D eigenvalue weighted by Crippen LogP contribution is 2.30. The van der Waals surface area contributed by atoms with Crippen LogP contribution in [0.4, 0.5) is 0 Å². The lowest BCUT2D eigenvalue weighted by Gasteiger charge is -2.15. The highest BCUT2D eigenvalue weighted by Gasteiger charge is 2.45. The summed E-state index contributed by atoms with van der Waals surface area (Å²) in [4.78, 5) is 29.5. The van der Waals surface area contributed by atoms with Crippen molar-refractivity contribution in [1.29, 1.82) is 0 Å². The van der Waals surface area contributed by atoms with Crippen molar-refractivity contribution >= 4 is 16.9 Å². The van der Waals surface area contributed by atoms with Crippen LogP contribution in [0.15, 0.2) is 11.1 Å². The van der Waals surface area contributed by atoms with Crippen molar-refractivity contribution in [2.75, 3.05) is 6.61 Å². The van der Waals surface area contributed by atoms with Crippen LogP contribution in [0.25, 0.3) is 11.0 Å². The van der Waals surface area contributed by atoms with Gasteiger partial charge in [0.05, 0.1) is 12.9 Å². The molecule has 1 aliphatic heterocycles. The minimum Gasteiger partial charge on any atom is -0.394 e. The molecule has 0 aliphatic carbocycles. The molecule has 3 heterocycles. The van der Waals surface area contributed by atoms with Crippen molar-refractivity contribution in [3.8, 4) is 0 Å². The summed E-state index contributed by atoms with van der Waals surface area (Å²) >= 11 is 0.